The highest BCUT2D eigenvalue weighted by molar-refractivity contribution is 5.86. The Morgan fingerprint density at radius 1 is 1.67 bits per heavy atom. The molecule has 1 aromatic rings. The first-order valence-electron chi connectivity index (χ1n) is 3.92. The van der Waals surface area contributed by atoms with Crippen LogP contribution in [0.3, 0.4) is 0 Å². The Hall–Kier alpha value is -1.32. The predicted octanol–water partition coefficient (Wildman–Crippen LogP) is 1.88. The Morgan fingerprint density at radius 2 is 2.33 bits per heavy atom. The molecule has 0 spiro atoms. The minimum absolute atomic E-state index is 0.210. The van der Waals surface area contributed by atoms with Crippen molar-refractivity contribution in [3.05, 3.63) is 18.0 Å². The molecule has 4 heteroatoms. The molecule has 12 heavy (non-hydrogen) atoms. The summed E-state index contributed by atoms with van der Waals surface area (Å²) in [4.78, 5) is 10.8. The zero-order valence-corrected chi connectivity index (χ0v) is 7.53. The maximum Gasteiger partial charge on any atom is 0.360 e. The van der Waals surface area contributed by atoms with Gasteiger partial charge in [-0.05, 0) is 6.92 Å². The molecule has 0 saturated heterocycles. The predicted molar refractivity (Wildman–Crippen MR) is 43.8 cm³/mol. The summed E-state index contributed by atoms with van der Waals surface area (Å²) < 4.78 is 9.06. The van der Waals surface area contributed by atoms with E-state index in [4.69, 9.17) is 0 Å². The van der Waals surface area contributed by atoms with E-state index in [1.165, 1.54) is 12.3 Å². The Morgan fingerprint density at radius 3 is 2.75 bits per heavy atom. The standard InChI is InChI=1S/C6H7NO3.C2H6/c1-2-9-6(8)5-3-4-10-7-5;1-2/h3-4H,2H2,1H3;1-2H3. The number of hydrogen-bond acceptors (Lipinski definition) is 4. The van der Waals surface area contributed by atoms with Gasteiger partial charge >= 0.3 is 5.97 Å². The fraction of sp³-hybridized carbons (Fsp3) is 0.500. The summed E-state index contributed by atoms with van der Waals surface area (Å²) in [5, 5.41) is 3.39. The lowest BCUT2D eigenvalue weighted by molar-refractivity contribution is 0.0514. The van der Waals surface area contributed by atoms with Crippen LogP contribution in [-0.2, 0) is 4.74 Å². The van der Waals surface area contributed by atoms with E-state index < -0.39 is 5.97 Å². The highest BCUT2D eigenvalue weighted by atomic mass is 16.5. The number of carbonyl (C=O) groups is 1. The summed E-state index contributed by atoms with van der Waals surface area (Å²) >= 11 is 0. The largest absolute Gasteiger partial charge is 0.461 e. The van der Waals surface area contributed by atoms with Gasteiger partial charge in [0.05, 0.1) is 6.61 Å². The third-order valence-corrected chi connectivity index (χ3v) is 0.922. The minimum atomic E-state index is -0.448. The number of nitrogens with zero attached hydrogens (tertiary/aromatic N) is 1. The van der Waals surface area contributed by atoms with E-state index in [-0.39, 0.29) is 5.69 Å². The van der Waals surface area contributed by atoms with Gasteiger partial charge in [0.2, 0.25) is 0 Å². The number of ether oxygens (including phenoxy) is 1. The van der Waals surface area contributed by atoms with Crippen LogP contribution in [0.1, 0.15) is 31.3 Å². The average molecular weight is 171 g/mol. The molecule has 0 fully saturated rings. The molecule has 1 rings (SSSR count). The number of hydrogen-bond donors (Lipinski definition) is 0. The summed E-state index contributed by atoms with van der Waals surface area (Å²) in [6.07, 6.45) is 1.33. The van der Waals surface area contributed by atoms with Crippen molar-refractivity contribution in [3.63, 3.8) is 0 Å². The van der Waals surface area contributed by atoms with E-state index in [1.807, 2.05) is 13.8 Å². The SMILES string of the molecule is CC.CCOC(=O)c1ccon1. The number of carbonyl (C=O) groups excluding carboxylic acids is 1. The molecule has 4 nitrogen and oxygen atoms in total. The molecule has 0 atom stereocenters. The lowest BCUT2D eigenvalue weighted by Gasteiger charge is -1.93. The smallest absolute Gasteiger partial charge is 0.360 e. The van der Waals surface area contributed by atoms with Gasteiger partial charge < -0.3 is 9.26 Å². The Balaban J connectivity index is 0.000000561. The second-order valence-corrected chi connectivity index (χ2v) is 1.61. The molecule has 0 aliphatic rings. The first-order valence-corrected chi connectivity index (χ1v) is 3.92. The quantitative estimate of drug-likeness (QED) is 0.637. The van der Waals surface area contributed by atoms with Gasteiger partial charge in [-0.1, -0.05) is 19.0 Å². The number of aromatic nitrogens is 1. The fourth-order valence-corrected chi connectivity index (χ4v) is 0.523. The van der Waals surface area contributed by atoms with Crippen molar-refractivity contribution < 1.29 is 14.1 Å². The van der Waals surface area contributed by atoms with E-state index >= 15 is 0 Å². The van der Waals surface area contributed by atoms with Gasteiger partial charge in [-0.3, -0.25) is 0 Å². The Labute approximate surface area is 71.5 Å². The number of esters is 1. The highest BCUT2D eigenvalue weighted by Gasteiger charge is 2.07. The van der Waals surface area contributed by atoms with Crippen LogP contribution >= 0.6 is 0 Å². The summed E-state index contributed by atoms with van der Waals surface area (Å²) in [5.74, 6) is -0.448. The second-order valence-electron chi connectivity index (χ2n) is 1.61. The molecule has 0 N–H and O–H groups in total. The van der Waals surface area contributed by atoms with Crippen LogP contribution in [0.25, 0.3) is 0 Å². The molecule has 0 aliphatic carbocycles. The van der Waals surface area contributed by atoms with Gasteiger partial charge in [-0.25, -0.2) is 4.79 Å². The van der Waals surface area contributed by atoms with Crippen LogP contribution in [0, 0.1) is 0 Å². The molecule has 0 unspecified atom stereocenters. The molecule has 0 radical (unpaired) electrons. The van der Waals surface area contributed by atoms with Crippen LogP contribution in [0.15, 0.2) is 16.9 Å². The van der Waals surface area contributed by atoms with Gasteiger partial charge in [-0.2, -0.15) is 0 Å². The summed E-state index contributed by atoms with van der Waals surface area (Å²) in [6, 6.07) is 1.46. The van der Waals surface area contributed by atoms with Crippen molar-refractivity contribution in [3.8, 4) is 0 Å². The van der Waals surface area contributed by atoms with Gasteiger partial charge in [0, 0.05) is 6.07 Å². The maximum atomic E-state index is 10.8. The molecule has 1 aromatic heterocycles. The summed E-state index contributed by atoms with van der Waals surface area (Å²) in [6.45, 7) is 6.09. The fourth-order valence-electron chi connectivity index (χ4n) is 0.523. The van der Waals surface area contributed by atoms with Crippen LogP contribution in [-0.4, -0.2) is 17.7 Å². The van der Waals surface area contributed by atoms with Crippen molar-refractivity contribution in [2.45, 2.75) is 20.8 Å². The van der Waals surface area contributed by atoms with Crippen molar-refractivity contribution in [1.82, 2.24) is 5.16 Å². The van der Waals surface area contributed by atoms with Crippen molar-refractivity contribution in [1.29, 1.82) is 0 Å². The van der Waals surface area contributed by atoms with E-state index in [0.29, 0.717) is 6.61 Å². The molecular weight excluding hydrogens is 158 g/mol. The third kappa shape index (κ3) is 3.18. The van der Waals surface area contributed by atoms with E-state index in [0.717, 1.165) is 0 Å². The van der Waals surface area contributed by atoms with E-state index in [9.17, 15) is 4.79 Å². The molecule has 68 valence electrons. The van der Waals surface area contributed by atoms with Gasteiger partial charge in [0.15, 0.2) is 5.69 Å². The summed E-state index contributed by atoms with van der Waals surface area (Å²) in [5.41, 5.74) is 0.210. The Bertz CT molecular complexity index is 206. The van der Waals surface area contributed by atoms with Crippen LogP contribution in [0.2, 0.25) is 0 Å². The normalized spacial score (nSPS) is 8.25. The highest BCUT2D eigenvalue weighted by Crippen LogP contribution is 1.96. The van der Waals surface area contributed by atoms with Gasteiger partial charge in [0.1, 0.15) is 6.26 Å². The third-order valence-electron chi connectivity index (χ3n) is 0.922. The van der Waals surface area contributed by atoms with Crippen LogP contribution < -0.4 is 0 Å². The topological polar surface area (TPSA) is 52.3 Å². The van der Waals surface area contributed by atoms with Crippen molar-refractivity contribution in [2.24, 2.45) is 0 Å². The van der Waals surface area contributed by atoms with Crippen LogP contribution in [0.5, 0.6) is 0 Å². The van der Waals surface area contributed by atoms with Crippen molar-refractivity contribution in [2.75, 3.05) is 6.61 Å². The van der Waals surface area contributed by atoms with Gasteiger partial charge in [-0.15, -0.1) is 0 Å². The number of rotatable bonds is 2. The van der Waals surface area contributed by atoms with E-state index in [2.05, 4.69) is 14.4 Å². The molecule has 0 aliphatic heterocycles. The van der Waals surface area contributed by atoms with Crippen LogP contribution in [0.4, 0.5) is 0 Å². The van der Waals surface area contributed by atoms with Crippen molar-refractivity contribution >= 4 is 5.97 Å². The molecule has 0 saturated carbocycles. The lowest BCUT2D eigenvalue weighted by Crippen LogP contribution is -2.04. The first kappa shape index (κ1) is 10.7. The molecule has 0 amide bonds. The maximum absolute atomic E-state index is 10.8. The second kappa shape index (κ2) is 6.39. The zero-order valence-electron chi connectivity index (χ0n) is 7.53. The van der Waals surface area contributed by atoms with Gasteiger partial charge in [0.25, 0.3) is 0 Å². The minimum Gasteiger partial charge on any atom is -0.461 e. The lowest BCUT2D eigenvalue weighted by atomic mass is 10.4. The monoisotopic (exact) mass is 171 g/mol. The summed E-state index contributed by atoms with van der Waals surface area (Å²) in [7, 11) is 0. The first-order chi connectivity index (χ1) is 5.84. The molecular formula is C8H13NO3. The average Bonchev–Trinajstić information content (AvgIpc) is 2.60. The molecule has 0 aromatic carbocycles. The Kier molecular flexibility index (Phi) is 5.69. The zero-order chi connectivity index (χ0) is 9.40. The van der Waals surface area contributed by atoms with E-state index in [1.54, 1.807) is 6.92 Å². The molecule has 0 bridgehead atoms. The molecule has 1 heterocycles.